The van der Waals surface area contributed by atoms with Gasteiger partial charge in [0, 0.05) is 31.2 Å². The highest BCUT2D eigenvalue weighted by molar-refractivity contribution is 9.10. The first-order valence-electron chi connectivity index (χ1n) is 9.04. The maximum Gasteiger partial charge on any atom is 0.251 e. The Balaban J connectivity index is 2.03. The van der Waals surface area contributed by atoms with Crippen LogP contribution < -0.4 is 10.1 Å². The van der Waals surface area contributed by atoms with Crippen molar-refractivity contribution in [3.63, 3.8) is 0 Å². The number of amides is 1. The minimum absolute atomic E-state index is 0.0485. The fourth-order valence-corrected chi connectivity index (χ4v) is 3.98. The quantitative estimate of drug-likeness (QED) is 0.711. The van der Waals surface area contributed by atoms with Crippen molar-refractivity contribution < 1.29 is 14.3 Å². The molecule has 0 aliphatic carbocycles. The lowest BCUT2D eigenvalue weighted by Gasteiger charge is -2.38. The monoisotopic (exact) mass is 412 g/mol. The number of nitrogens with zero attached hydrogens (tertiary/aromatic N) is 1. The van der Waals surface area contributed by atoms with E-state index in [0.717, 1.165) is 49.4 Å². The Bertz CT molecular complexity index is 558. The minimum Gasteiger partial charge on any atom is -0.496 e. The number of morpholine rings is 1. The highest BCUT2D eigenvalue weighted by Gasteiger charge is 2.27. The van der Waals surface area contributed by atoms with Crippen LogP contribution in [-0.4, -0.2) is 56.8 Å². The van der Waals surface area contributed by atoms with Crippen molar-refractivity contribution in [1.29, 1.82) is 0 Å². The number of benzene rings is 1. The summed E-state index contributed by atoms with van der Waals surface area (Å²) in [6.07, 6.45) is 2.23. The summed E-state index contributed by atoms with van der Waals surface area (Å²) >= 11 is 3.44. The molecule has 1 fully saturated rings. The van der Waals surface area contributed by atoms with Gasteiger partial charge in [-0.2, -0.15) is 0 Å². The second-order valence-corrected chi connectivity index (χ2v) is 7.21. The second kappa shape index (κ2) is 10.1. The number of nitrogens with one attached hydrogen (secondary N) is 1. The van der Waals surface area contributed by atoms with E-state index in [1.807, 2.05) is 0 Å². The molecular formula is C19H29BrN2O3. The number of carbonyl (C=O) groups excluding carboxylic acids is 1. The number of halogens is 1. The summed E-state index contributed by atoms with van der Waals surface area (Å²) in [6.45, 7) is 8.53. The maximum atomic E-state index is 12.6. The number of hydrogen-bond acceptors (Lipinski definition) is 4. The minimum atomic E-state index is -0.0485. The lowest BCUT2D eigenvalue weighted by Crippen LogP contribution is -2.52. The van der Waals surface area contributed by atoms with Crippen molar-refractivity contribution in [3.8, 4) is 5.75 Å². The van der Waals surface area contributed by atoms with Crippen molar-refractivity contribution in [1.82, 2.24) is 10.2 Å². The molecule has 1 aromatic rings. The van der Waals surface area contributed by atoms with Crippen molar-refractivity contribution in [2.45, 2.75) is 32.7 Å². The molecule has 0 saturated carbocycles. The third-order valence-electron chi connectivity index (χ3n) is 4.99. The third kappa shape index (κ3) is 5.43. The van der Waals surface area contributed by atoms with Crippen LogP contribution in [0.15, 0.2) is 22.7 Å². The topological polar surface area (TPSA) is 50.8 Å². The van der Waals surface area contributed by atoms with E-state index in [-0.39, 0.29) is 5.91 Å². The molecule has 2 rings (SSSR count). The lowest BCUT2D eigenvalue weighted by molar-refractivity contribution is 0.00191. The maximum absolute atomic E-state index is 12.6. The van der Waals surface area contributed by atoms with Crippen LogP contribution >= 0.6 is 15.9 Å². The van der Waals surface area contributed by atoms with Crippen LogP contribution in [0.1, 0.15) is 37.0 Å². The van der Waals surface area contributed by atoms with Crippen LogP contribution in [-0.2, 0) is 4.74 Å². The van der Waals surface area contributed by atoms with E-state index in [9.17, 15) is 4.79 Å². The largest absolute Gasteiger partial charge is 0.496 e. The summed E-state index contributed by atoms with van der Waals surface area (Å²) in [5.74, 6) is 1.24. The molecule has 25 heavy (non-hydrogen) atoms. The Morgan fingerprint density at radius 1 is 1.32 bits per heavy atom. The molecule has 1 saturated heterocycles. The van der Waals surface area contributed by atoms with Crippen LogP contribution in [0.5, 0.6) is 5.75 Å². The summed E-state index contributed by atoms with van der Waals surface area (Å²) in [5, 5.41) is 3.13. The summed E-state index contributed by atoms with van der Waals surface area (Å²) in [6, 6.07) is 5.75. The van der Waals surface area contributed by atoms with E-state index < -0.39 is 0 Å². The van der Waals surface area contributed by atoms with Crippen LogP contribution in [0.4, 0.5) is 0 Å². The molecule has 5 nitrogen and oxygen atoms in total. The fourth-order valence-electron chi connectivity index (χ4n) is 3.44. The first kappa shape index (κ1) is 20.2. The van der Waals surface area contributed by atoms with Gasteiger partial charge in [0.15, 0.2) is 0 Å². The van der Waals surface area contributed by atoms with E-state index in [4.69, 9.17) is 9.47 Å². The molecule has 1 heterocycles. The van der Waals surface area contributed by atoms with E-state index >= 15 is 0 Å². The highest BCUT2D eigenvalue weighted by Crippen LogP contribution is 2.25. The Morgan fingerprint density at radius 3 is 2.56 bits per heavy atom. The average Bonchev–Trinajstić information content (AvgIpc) is 2.65. The fraction of sp³-hybridized carbons (Fsp3) is 0.632. The number of rotatable bonds is 8. The van der Waals surface area contributed by atoms with Crippen LogP contribution in [0, 0.1) is 5.92 Å². The van der Waals surface area contributed by atoms with Gasteiger partial charge in [-0.1, -0.05) is 26.7 Å². The number of hydrogen-bond donors (Lipinski definition) is 1. The van der Waals surface area contributed by atoms with Crippen LogP contribution in [0.2, 0.25) is 0 Å². The molecule has 1 amide bonds. The van der Waals surface area contributed by atoms with Gasteiger partial charge in [-0.15, -0.1) is 0 Å². The first-order valence-corrected chi connectivity index (χ1v) is 9.83. The molecule has 1 aromatic carbocycles. The molecule has 1 aliphatic heterocycles. The van der Waals surface area contributed by atoms with Gasteiger partial charge in [0.1, 0.15) is 5.75 Å². The summed E-state index contributed by atoms with van der Waals surface area (Å²) in [4.78, 5) is 15.0. The Morgan fingerprint density at radius 2 is 2.00 bits per heavy atom. The first-order chi connectivity index (χ1) is 12.1. The predicted octanol–water partition coefficient (Wildman–Crippen LogP) is 3.32. The van der Waals surface area contributed by atoms with Gasteiger partial charge in [0.05, 0.1) is 24.8 Å². The molecule has 0 spiro atoms. The highest BCUT2D eigenvalue weighted by atomic mass is 79.9. The smallest absolute Gasteiger partial charge is 0.251 e. The molecule has 140 valence electrons. The van der Waals surface area contributed by atoms with Crippen molar-refractivity contribution >= 4 is 21.8 Å². The molecule has 6 heteroatoms. The van der Waals surface area contributed by atoms with Crippen LogP contribution in [0.25, 0.3) is 0 Å². The standard InChI is InChI=1S/C19H29BrN2O3/c1-4-14(5-2)17(22-8-10-25-11-9-22)13-21-19(23)15-6-7-18(24-3)16(20)12-15/h6-7,12,14,17H,4-5,8-11,13H2,1-3H3,(H,21,23)/t17-/m1/s1. The Hall–Kier alpha value is -1.11. The van der Waals surface area contributed by atoms with Crippen molar-refractivity contribution in [2.75, 3.05) is 40.0 Å². The summed E-state index contributed by atoms with van der Waals surface area (Å²) < 4.78 is 11.5. The molecule has 0 unspecified atom stereocenters. The third-order valence-corrected chi connectivity index (χ3v) is 5.61. The number of ether oxygens (including phenoxy) is 2. The second-order valence-electron chi connectivity index (χ2n) is 6.35. The summed E-state index contributed by atoms with van der Waals surface area (Å²) in [5.41, 5.74) is 0.637. The molecular weight excluding hydrogens is 384 g/mol. The zero-order valence-corrected chi connectivity index (χ0v) is 17.0. The SMILES string of the molecule is CCC(CC)[C@@H](CNC(=O)c1ccc(OC)c(Br)c1)N1CCOCC1. The van der Waals surface area contributed by atoms with E-state index in [1.54, 1.807) is 25.3 Å². The lowest BCUT2D eigenvalue weighted by atomic mass is 9.92. The zero-order valence-electron chi connectivity index (χ0n) is 15.4. The van der Waals surface area contributed by atoms with Crippen molar-refractivity contribution in [2.24, 2.45) is 5.92 Å². The molecule has 0 bridgehead atoms. The molecule has 0 aromatic heterocycles. The molecule has 1 atom stereocenters. The zero-order chi connectivity index (χ0) is 18.2. The molecule has 1 aliphatic rings. The summed E-state index contributed by atoms with van der Waals surface area (Å²) in [7, 11) is 1.61. The van der Waals surface area contributed by atoms with E-state index in [1.165, 1.54) is 0 Å². The predicted molar refractivity (Wildman–Crippen MR) is 103 cm³/mol. The number of methoxy groups -OCH3 is 1. The van der Waals surface area contributed by atoms with Gasteiger partial charge in [-0.25, -0.2) is 0 Å². The molecule has 1 N–H and O–H groups in total. The Labute approximate surface area is 159 Å². The number of carbonyl (C=O) groups is 1. The van der Waals surface area contributed by atoms with Crippen molar-refractivity contribution in [3.05, 3.63) is 28.2 Å². The molecule has 0 radical (unpaired) electrons. The van der Waals surface area contributed by atoms with Gasteiger partial charge in [-0.3, -0.25) is 9.69 Å². The Kier molecular flexibility index (Phi) is 8.19. The average molecular weight is 413 g/mol. The van der Waals surface area contributed by atoms with Gasteiger partial charge in [-0.05, 0) is 40.0 Å². The van der Waals surface area contributed by atoms with Crippen LogP contribution in [0.3, 0.4) is 0 Å². The van der Waals surface area contributed by atoms with Gasteiger partial charge in [0.2, 0.25) is 0 Å². The normalized spacial score (nSPS) is 16.7. The van der Waals surface area contributed by atoms with Gasteiger partial charge in [0.25, 0.3) is 5.91 Å². The van der Waals surface area contributed by atoms with Gasteiger partial charge < -0.3 is 14.8 Å². The van der Waals surface area contributed by atoms with E-state index in [0.29, 0.717) is 24.1 Å². The van der Waals surface area contributed by atoms with E-state index in [2.05, 4.69) is 40.0 Å². The van der Waals surface area contributed by atoms with Gasteiger partial charge >= 0.3 is 0 Å².